The molecule has 2 atom stereocenters. The van der Waals surface area contributed by atoms with Crippen LogP contribution in [0.25, 0.3) is 0 Å². The number of aromatic nitrogens is 1. The molecule has 1 fully saturated rings. The molecular formula is C16H26N2O3. The lowest BCUT2D eigenvalue weighted by molar-refractivity contribution is -0.120. The van der Waals surface area contributed by atoms with E-state index in [0.29, 0.717) is 31.6 Å². The van der Waals surface area contributed by atoms with Crippen molar-refractivity contribution in [3.05, 3.63) is 17.0 Å². The lowest BCUT2D eigenvalue weighted by atomic mass is 9.88. The van der Waals surface area contributed by atoms with Crippen molar-refractivity contribution in [3.63, 3.8) is 0 Å². The summed E-state index contributed by atoms with van der Waals surface area (Å²) >= 11 is 0. The summed E-state index contributed by atoms with van der Waals surface area (Å²) in [5.41, 5.74) is 1.67. The number of ether oxygens (including phenoxy) is 1. The molecule has 5 nitrogen and oxygen atoms in total. The van der Waals surface area contributed by atoms with E-state index < -0.39 is 0 Å². The highest BCUT2D eigenvalue weighted by Gasteiger charge is 2.21. The standard InChI is InChI=1S/C16H26N2O3/c1-11-6-4-5-7-15(11)20-9-8-17-16(19)10-14-12(2)18-21-13(14)3/h11,15H,4-10H2,1-3H3,(H,17,19)/t11-,15+/m0/s1. The molecule has 1 aliphatic carbocycles. The van der Waals surface area contributed by atoms with E-state index in [9.17, 15) is 4.79 Å². The average molecular weight is 294 g/mol. The van der Waals surface area contributed by atoms with Crippen molar-refractivity contribution in [3.8, 4) is 0 Å². The largest absolute Gasteiger partial charge is 0.376 e. The first kappa shape index (κ1) is 16.0. The maximum atomic E-state index is 11.9. The van der Waals surface area contributed by atoms with Gasteiger partial charge in [-0.2, -0.15) is 0 Å². The SMILES string of the molecule is Cc1noc(C)c1CC(=O)NCCO[C@@H]1CCCC[C@@H]1C. The first-order chi connectivity index (χ1) is 10.1. The van der Waals surface area contributed by atoms with Crippen LogP contribution in [-0.4, -0.2) is 30.3 Å². The number of hydrogen-bond acceptors (Lipinski definition) is 4. The molecule has 21 heavy (non-hydrogen) atoms. The van der Waals surface area contributed by atoms with Crippen LogP contribution >= 0.6 is 0 Å². The molecule has 1 N–H and O–H groups in total. The van der Waals surface area contributed by atoms with Crippen LogP contribution in [0.15, 0.2) is 4.52 Å². The van der Waals surface area contributed by atoms with Gasteiger partial charge in [0.05, 0.1) is 24.8 Å². The third-order valence-corrected chi connectivity index (χ3v) is 4.31. The summed E-state index contributed by atoms with van der Waals surface area (Å²) in [5.74, 6) is 1.34. The maximum Gasteiger partial charge on any atom is 0.224 e. The van der Waals surface area contributed by atoms with Crippen molar-refractivity contribution >= 4 is 5.91 Å². The van der Waals surface area contributed by atoms with Crippen LogP contribution < -0.4 is 5.32 Å². The highest BCUT2D eigenvalue weighted by atomic mass is 16.5. The monoisotopic (exact) mass is 294 g/mol. The lowest BCUT2D eigenvalue weighted by Gasteiger charge is -2.28. The van der Waals surface area contributed by atoms with Crippen molar-refractivity contribution in [2.75, 3.05) is 13.2 Å². The van der Waals surface area contributed by atoms with Crippen molar-refractivity contribution in [2.24, 2.45) is 5.92 Å². The van der Waals surface area contributed by atoms with Gasteiger partial charge in [-0.05, 0) is 32.6 Å². The van der Waals surface area contributed by atoms with Gasteiger partial charge in [0.1, 0.15) is 5.76 Å². The van der Waals surface area contributed by atoms with Crippen LogP contribution in [0.5, 0.6) is 0 Å². The third-order valence-electron chi connectivity index (χ3n) is 4.31. The zero-order valence-corrected chi connectivity index (χ0v) is 13.3. The van der Waals surface area contributed by atoms with E-state index in [0.717, 1.165) is 23.4 Å². The van der Waals surface area contributed by atoms with E-state index in [4.69, 9.17) is 9.26 Å². The van der Waals surface area contributed by atoms with E-state index in [2.05, 4.69) is 17.4 Å². The molecule has 5 heteroatoms. The minimum Gasteiger partial charge on any atom is -0.376 e. The van der Waals surface area contributed by atoms with E-state index in [1.807, 2.05) is 13.8 Å². The fourth-order valence-corrected chi connectivity index (χ4v) is 2.91. The van der Waals surface area contributed by atoms with Crippen molar-refractivity contribution in [2.45, 2.75) is 59.0 Å². The lowest BCUT2D eigenvalue weighted by Crippen LogP contribution is -2.32. The fourth-order valence-electron chi connectivity index (χ4n) is 2.91. The Morgan fingerprint density at radius 3 is 2.81 bits per heavy atom. The molecule has 1 aromatic heterocycles. The highest BCUT2D eigenvalue weighted by Crippen LogP contribution is 2.25. The molecule has 1 amide bonds. The van der Waals surface area contributed by atoms with Gasteiger partial charge in [0.25, 0.3) is 0 Å². The number of nitrogens with zero attached hydrogens (tertiary/aromatic N) is 1. The first-order valence-electron chi connectivity index (χ1n) is 7.88. The molecule has 1 heterocycles. The predicted molar refractivity (Wildman–Crippen MR) is 80.1 cm³/mol. The summed E-state index contributed by atoms with van der Waals surface area (Å²) in [6.07, 6.45) is 5.65. The highest BCUT2D eigenvalue weighted by molar-refractivity contribution is 5.78. The van der Waals surface area contributed by atoms with Gasteiger partial charge in [0, 0.05) is 12.1 Å². The second kappa shape index (κ2) is 7.59. The van der Waals surface area contributed by atoms with E-state index in [-0.39, 0.29) is 5.91 Å². The van der Waals surface area contributed by atoms with Gasteiger partial charge >= 0.3 is 0 Å². The summed E-state index contributed by atoms with van der Waals surface area (Å²) in [7, 11) is 0. The topological polar surface area (TPSA) is 64.4 Å². The van der Waals surface area contributed by atoms with Crippen molar-refractivity contribution < 1.29 is 14.1 Å². The molecule has 1 aliphatic rings. The van der Waals surface area contributed by atoms with Gasteiger partial charge in [0.2, 0.25) is 5.91 Å². The molecule has 1 saturated carbocycles. The van der Waals surface area contributed by atoms with Crippen molar-refractivity contribution in [1.82, 2.24) is 10.5 Å². The third kappa shape index (κ3) is 4.56. The predicted octanol–water partition coefficient (Wildman–Crippen LogP) is 2.55. The summed E-state index contributed by atoms with van der Waals surface area (Å²) in [5, 5.41) is 6.75. The van der Waals surface area contributed by atoms with Crippen LogP contribution in [0.4, 0.5) is 0 Å². The Hall–Kier alpha value is -1.36. The van der Waals surface area contributed by atoms with Gasteiger partial charge in [-0.15, -0.1) is 0 Å². The molecule has 0 bridgehead atoms. The Morgan fingerprint density at radius 1 is 1.38 bits per heavy atom. The Bertz CT molecular complexity index is 451. The van der Waals surface area contributed by atoms with Gasteiger partial charge in [-0.3, -0.25) is 4.79 Å². The summed E-state index contributed by atoms with van der Waals surface area (Å²) in [6.45, 7) is 7.08. The molecule has 0 aromatic carbocycles. The number of rotatable bonds is 6. The molecule has 0 saturated heterocycles. The zero-order valence-electron chi connectivity index (χ0n) is 13.3. The number of carbonyl (C=O) groups excluding carboxylic acids is 1. The molecule has 2 rings (SSSR count). The minimum atomic E-state index is -0.00954. The second-order valence-corrected chi connectivity index (χ2v) is 6.00. The van der Waals surface area contributed by atoms with Crippen LogP contribution in [0, 0.1) is 19.8 Å². The molecule has 0 aliphatic heterocycles. The Labute approximate surface area is 126 Å². The number of aryl methyl sites for hydroxylation is 2. The molecule has 1 aromatic rings. The summed E-state index contributed by atoms with van der Waals surface area (Å²) in [6, 6.07) is 0. The van der Waals surface area contributed by atoms with Crippen LogP contribution in [0.2, 0.25) is 0 Å². The summed E-state index contributed by atoms with van der Waals surface area (Å²) in [4.78, 5) is 11.9. The quantitative estimate of drug-likeness (QED) is 0.819. The van der Waals surface area contributed by atoms with Crippen LogP contribution in [0.3, 0.4) is 0 Å². The smallest absolute Gasteiger partial charge is 0.224 e. The Kier molecular flexibility index (Phi) is 5.79. The first-order valence-corrected chi connectivity index (χ1v) is 7.88. The minimum absolute atomic E-state index is 0.00954. The molecule has 0 unspecified atom stereocenters. The van der Waals surface area contributed by atoms with Crippen LogP contribution in [0.1, 0.15) is 49.6 Å². The normalized spacial score (nSPS) is 22.2. The molecule has 0 radical (unpaired) electrons. The van der Waals surface area contributed by atoms with Crippen molar-refractivity contribution in [1.29, 1.82) is 0 Å². The molecule has 0 spiro atoms. The number of nitrogens with one attached hydrogen (secondary N) is 1. The Balaban J connectivity index is 1.65. The maximum absolute atomic E-state index is 11.9. The van der Waals surface area contributed by atoms with E-state index >= 15 is 0 Å². The fraction of sp³-hybridized carbons (Fsp3) is 0.750. The number of amides is 1. The summed E-state index contributed by atoms with van der Waals surface area (Å²) < 4.78 is 10.9. The van der Waals surface area contributed by atoms with E-state index in [1.54, 1.807) is 0 Å². The number of hydrogen-bond donors (Lipinski definition) is 1. The van der Waals surface area contributed by atoms with Crippen LogP contribution in [-0.2, 0) is 16.0 Å². The van der Waals surface area contributed by atoms with E-state index in [1.165, 1.54) is 19.3 Å². The zero-order chi connectivity index (χ0) is 15.2. The second-order valence-electron chi connectivity index (χ2n) is 6.00. The van der Waals surface area contributed by atoms with Gasteiger partial charge in [-0.1, -0.05) is 24.9 Å². The Morgan fingerprint density at radius 2 is 2.14 bits per heavy atom. The molecule has 118 valence electrons. The number of carbonyl (C=O) groups is 1. The van der Waals surface area contributed by atoms with Gasteiger partial charge in [-0.25, -0.2) is 0 Å². The molecular weight excluding hydrogens is 268 g/mol. The van der Waals surface area contributed by atoms with Gasteiger partial charge in [0.15, 0.2) is 0 Å². The van der Waals surface area contributed by atoms with Gasteiger partial charge < -0.3 is 14.6 Å². The average Bonchev–Trinajstić information content (AvgIpc) is 2.77.